The molecule has 6 heteroatoms. The van der Waals surface area contributed by atoms with E-state index in [0.29, 0.717) is 18.9 Å². The molecule has 1 aromatic heterocycles. The quantitative estimate of drug-likeness (QED) is 0.622. The highest BCUT2D eigenvalue weighted by atomic mass is 32.2. The second-order valence-electron chi connectivity index (χ2n) is 3.58. The molecular weight excluding hydrogens is 267 g/mol. The second kappa shape index (κ2) is 7.60. The van der Waals surface area contributed by atoms with Crippen molar-refractivity contribution in [3.63, 3.8) is 0 Å². The van der Waals surface area contributed by atoms with Gasteiger partial charge in [0.2, 0.25) is 0 Å². The fourth-order valence-corrected chi connectivity index (χ4v) is 1.56. The van der Waals surface area contributed by atoms with E-state index in [4.69, 9.17) is 9.47 Å². The SMILES string of the molecule is FSNCCOc1ccc(Oc2ccncc2)cc1. The lowest BCUT2D eigenvalue weighted by molar-refractivity contribution is 0.323. The zero-order chi connectivity index (χ0) is 13.3. The van der Waals surface area contributed by atoms with Crippen LogP contribution in [0.25, 0.3) is 0 Å². The molecule has 100 valence electrons. The molecule has 0 amide bonds. The van der Waals surface area contributed by atoms with Gasteiger partial charge < -0.3 is 9.47 Å². The minimum Gasteiger partial charge on any atom is -0.492 e. The maximum absolute atomic E-state index is 11.7. The number of benzene rings is 1. The van der Waals surface area contributed by atoms with Crippen molar-refractivity contribution in [2.45, 2.75) is 0 Å². The number of pyridine rings is 1. The number of hydrogen-bond acceptors (Lipinski definition) is 5. The summed E-state index contributed by atoms with van der Waals surface area (Å²) >= 11 is 0.0854. The molecule has 0 aliphatic heterocycles. The molecule has 4 nitrogen and oxygen atoms in total. The van der Waals surface area contributed by atoms with Crippen molar-refractivity contribution in [2.24, 2.45) is 0 Å². The molecule has 1 N–H and O–H groups in total. The molecule has 0 spiro atoms. The predicted octanol–water partition coefficient (Wildman–Crippen LogP) is 3.38. The average molecular weight is 280 g/mol. The molecule has 0 unspecified atom stereocenters. The number of halogens is 1. The largest absolute Gasteiger partial charge is 0.492 e. The van der Waals surface area contributed by atoms with Gasteiger partial charge in [0.05, 0.1) is 0 Å². The Hall–Kier alpha value is -1.79. The van der Waals surface area contributed by atoms with Crippen LogP contribution in [0.3, 0.4) is 0 Å². The van der Waals surface area contributed by atoms with Crippen molar-refractivity contribution in [3.8, 4) is 17.2 Å². The number of ether oxygens (including phenoxy) is 2. The number of nitrogens with zero attached hydrogens (tertiary/aromatic N) is 1. The van der Waals surface area contributed by atoms with Gasteiger partial charge >= 0.3 is 0 Å². The smallest absolute Gasteiger partial charge is 0.131 e. The Labute approximate surface area is 115 Å². The van der Waals surface area contributed by atoms with Crippen molar-refractivity contribution in [3.05, 3.63) is 48.8 Å². The molecule has 0 bridgehead atoms. The fraction of sp³-hybridized carbons (Fsp3) is 0.154. The zero-order valence-corrected chi connectivity index (χ0v) is 10.9. The summed E-state index contributed by atoms with van der Waals surface area (Å²) in [5, 5.41) is 0. The topological polar surface area (TPSA) is 43.4 Å². The minimum atomic E-state index is 0.0854. The summed E-state index contributed by atoms with van der Waals surface area (Å²) in [7, 11) is 0. The van der Waals surface area contributed by atoms with E-state index in [2.05, 4.69) is 9.71 Å². The lowest BCUT2D eigenvalue weighted by Crippen LogP contribution is -2.13. The molecule has 19 heavy (non-hydrogen) atoms. The molecule has 0 fully saturated rings. The highest BCUT2D eigenvalue weighted by molar-refractivity contribution is 7.92. The Kier molecular flexibility index (Phi) is 5.46. The fourth-order valence-electron chi connectivity index (χ4n) is 1.40. The summed E-state index contributed by atoms with van der Waals surface area (Å²) < 4.78 is 25.2. The molecular formula is C13H13FN2O2S. The van der Waals surface area contributed by atoms with Crippen LogP contribution in [-0.4, -0.2) is 18.1 Å². The highest BCUT2D eigenvalue weighted by Gasteiger charge is 1.98. The molecule has 0 atom stereocenters. The molecule has 0 aliphatic rings. The Bertz CT molecular complexity index is 482. The number of nitrogens with one attached hydrogen (secondary N) is 1. The summed E-state index contributed by atoms with van der Waals surface area (Å²) in [5.74, 6) is 2.16. The molecule has 0 saturated heterocycles. The highest BCUT2D eigenvalue weighted by Crippen LogP contribution is 2.23. The van der Waals surface area contributed by atoms with E-state index in [9.17, 15) is 3.89 Å². The van der Waals surface area contributed by atoms with E-state index < -0.39 is 0 Å². The van der Waals surface area contributed by atoms with Gasteiger partial charge in [0, 0.05) is 18.9 Å². The van der Waals surface area contributed by atoms with Gasteiger partial charge in [-0.3, -0.25) is 4.98 Å². The Morgan fingerprint density at radius 3 is 2.32 bits per heavy atom. The number of aromatic nitrogens is 1. The van der Waals surface area contributed by atoms with Crippen LogP contribution in [-0.2, 0) is 0 Å². The summed E-state index contributed by atoms with van der Waals surface area (Å²) in [6.07, 6.45) is 3.34. The van der Waals surface area contributed by atoms with Gasteiger partial charge in [-0.2, -0.15) is 0 Å². The number of hydrogen-bond donors (Lipinski definition) is 1. The monoisotopic (exact) mass is 280 g/mol. The third kappa shape index (κ3) is 4.76. The average Bonchev–Trinajstić information content (AvgIpc) is 2.46. The van der Waals surface area contributed by atoms with E-state index >= 15 is 0 Å². The molecule has 1 heterocycles. The van der Waals surface area contributed by atoms with Crippen LogP contribution in [0.5, 0.6) is 17.2 Å². The molecule has 1 aromatic carbocycles. The minimum absolute atomic E-state index is 0.0854. The van der Waals surface area contributed by atoms with Gasteiger partial charge in [0.15, 0.2) is 0 Å². The standard InChI is InChI=1S/C13H13FN2O2S/c14-19-16-9-10-17-11-1-3-12(4-2-11)18-13-5-7-15-8-6-13/h1-8,16H,9-10H2. The molecule has 0 radical (unpaired) electrons. The van der Waals surface area contributed by atoms with Crippen LogP contribution in [0, 0.1) is 0 Å². The third-order valence-electron chi connectivity index (χ3n) is 2.24. The van der Waals surface area contributed by atoms with Crippen LogP contribution in [0.4, 0.5) is 3.89 Å². The Balaban J connectivity index is 1.84. The van der Waals surface area contributed by atoms with Crippen molar-refractivity contribution in [2.75, 3.05) is 13.2 Å². The summed E-state index contributed by atoms with van der Waals surface area (Å²) in [4.78, 5) is 3.92. The van der Waals surface area contributed by atoms with Gasteiger partial charge in [-0.15, -0.1) is 3.89 Å². The first-order valence-corrected chi connectivity index (χ1v) is 6.41. The maximum Gasteiger partial charge on any atom is 0.131 e. The van der Waals surface area contributed by atoms with Crippen molar-refractivity contribution >= 4 is 12.3 Å². The summed E-state index contributed by atoms with van der Waals surface area (Å²) in [6, 6.07) is 10.8. The van der Waals surface area contributed by atoms with Crippen LogP contribution >= 0.6 is 12.3 Å². The van der Waals surface area contributed by atoms with E-state index in [0.717, 1.165) is 11.5 Å². The van der Waals surface area contributed by atoms with Gasteiger partial charge in [0.25, 0.3) is 0 Å². The molecule has 0 saturated carbocycles. The Morgan fingerprint density at radius 2 is 1.63 bits per heavy atom. The Morgan fingerprint density at radius 1 is 1.00 bits per heavy atom. The van der Waals surface area contributed by atoms with Crippen LogP contribution < -0.4 is 14.2 Å². The molecule has 0 aliphatic carbocycles. The van der Waals surface area contributed by atoms with Gasteiger partial charge in [0.1, 0.15) is 36.2 Å². The van der Waals surface area contributed by atoms with Gasteiger partial charge in [-0.05, 0) is 36.4 Å². The lowest BCUT2D eigenvalue weighted by atomic mass is 10.3. The molecule has 2 aromatic rings. The summed E-state index contributed by atoms with van der Waals surface area (Å²) in [6.45, 7) is 0.845. The summed E-state index contributed by atoms with van der Waals surface area (Å²) in [5.41, 5.74) is 0. The van der Waals surface area contributed by atoms with Gasteiger partial charge in [-0.25, -0.2) is 4.72 Å². The normalized spacial score (nSPS) is 10.2. The van der Waals surface area contributed by atoms with E-state index in [-0.39, 0.29) is 12.3 Å². The van der Waals surface area contributed by atoms with Crippen molar-refractivity contribution < 1.29 is 13.4 Å². The molecule has 2 rings (SSSR count). The van der Waals surface area contributed by atoms with Crippen molar-refractivity contribution in [1.82, 2.24) is 9.71 Å². The van der Waals surface area contributed by atoms with E-state index in [1.807, 2.05) is 12.1 Å². The van der Waals surface area contributed by atoms with E-state index in [1.165, 1.54) is 0 Å². The zero-order valence-electron chi connectivity index (χ0n) is 10.1. The van der Waals surface area contributed by atoms with E-state index in [1.54, 1.807) is 36.7 Å². The first-order valence-electron chi connectivity index (χ1n) is 5.69. The van der Waals surface area contributed by atoms with Crippen LogP contribution in [0.2, 0.25) is 0 Å². The maximum atomic E-state index is 11.7. The van der Waals surface area contributed by atoms with Gasteiger partial charge in [-0.1, -0.05) is 0 Å². The lowest BCUT2D eigenvalue weighted by Gasteiger charge is -2.08. The first kappa shape index (κ1) is 13.6. The first-order chi connectivity index (χ1) is 9.38. The predicted molar refractivity (Wildman–Crippen MR) is 72.9 cm³/mol. The second-order valence-corrected chi connectivity index (χ2v) is 4.02. The third-order valence-corrected chi connectivity index (χ3v) is 2.55. The van der Waals surface area contributed by atoms with Crippen LogP contribution in [0.1, 0.15) is 0 Å². The number of rotatable bonds is 7. The van der Waals surface area contributed by atoms with Crippen LogP contribution in [0.15, 0.2) is 48.8 Å². The van der Waals surface area contributed by atoms with Crippen molar-refractivity contribution in [1.29, 1.82) is 0 Å².